The van der Waals surface area contributed by atoms with Gasteiger partial charge in [0.2, 0.25) is 10.0 Å². The fourth-order valence-corrected chi connectivity index (χ4v) is 6.26. The van der Waals surface area contributed by atoms with E-state index < -0.39 is 22.2 Å². The second-order valence-electron chi connectivity index (χ2n) is 7.89. The molecule has 1 aliphatic heterocycles. The molecular formula is C24H23N3O4S. The van der Waals surface area contributed by atoms with Crippen LogP contribution in [0.25, 0.3) is 10.9 Å². The van der Waals surface area contributed by atoms with Gasteiger partial charge in [-0.25, -0.2) is 8.42 Å². The van der Waals surface area contributed by atoms with E-state index in [0.717, 1.165) is 27.8 Å². The molecule has 0 amide bonds. The van der Waals surface area contributed by atoms with E-state index in [9.17, 15) is 13.5 Å². The summed E-state index contributed by atoms with van der Waals surface area (Å²) in [6.45, 7) is 0.127. The van der Waals surface area contributed by atoms with Crippen LogP contribution >= 0.6 is 0 Å². The van der Waals surface area contributed by atoms with Gasteiger partial charge in [-0.05, 0) is 41.8 Å². The number of hydrogen-bond acceptors (Lipinski definition) is 5. The van der Waals surface area contributed by atoms with Crippen LogP contribution < -0.4 is 4.74 Å². The number of methoxy groups -OCH3 is 1. The molecule has 7 nitrogen and oxygen atoms in total. The Hall–Kier alpha value is -3.20. The molecular weight excluding hydrogens is 426 g/mol. The van der Waals surface area contributed by atoms with Crippen LogP contribution in [0.5, 0.6) is 5.75 Å². The van der Waals surface area contributed by atoms with E-state index in [1.165, 1.54) is 4.31 Å². The van der Waals surface area contributed by atoms with Crippen LogP contribution in [-0.4, -0.2) is 40.9 Å². The number of H-pyrrole nitrogens is 1. The summed E-state index contributed by atoms with van der Waals surface area (Å²) in [5.41, 5.74) is 3.02. The first-order valence-electron chi connectivity index (χ1n) is 10.3. The molecule has 2 aromatic carbocycles. The normalized spacial score (nSPS) is 20.2. The largest absolute Gasteiger partial charge is 0.497 e. The van der Waals surface area contributed by atoms with Crippen molar-refractivity contribution in [1.82, 2.24) is 14.3 Å². The fourth-order valence-electron chi connectivity index (χ4n) is 4.40. The van der Waals surface area contributed by atoms with E-state index in [1.54, 1.807) is 49.8 Å². The topological polar surface area (TPSA) is 95.5 Å². The maximum atomic E-state index is 13.6. The van der Waals surface area contributed by atoms with E-state index in [4.69, 9.17) is 4.74 Å². The van der Waals surface area contributed by atoms with Crippen molar-refractivity contribution in [2.45, 2.75) is 30.0 Å². The Balaban J connectivity index is 1.59. The van der Waals surface area contributed by atoms with Gasteiger partial charge in [-0.15, -0.1) is 0 Å². The third-order valence-corrected chi connectivity index (χ3v) is 7.97. The number of fused-ring (bicyclic) bond motifs is 2. The molecule has 2 N–H and O–H groups in total. The summed E-state index contributed by atoms with van der Waals surface area (Å²) >= 11 is 0. The summed E-state index contributed by atoms with van der Waals surface area (Å²) < 4.78 is 33.9. The first-order chi connectivity index (χ1) is 15.5. The molecule has 0 saturated carbocycles. The van der Waals surface area contributed by atoms with Gasteiger partial charge in [-0.2, -0.15) is 4.31 Å². The van der Waals surface area contributed by atoms with Crippen molar-refractivity contribution in [2.75, 3.05) is 7.11 Å². The highest BCUT2D eigenvalue weighted by atomic mass is 32.2. The number of aromatic amines is 1. The van der Waals surface area contributed by atoms with Crippen LogP contribution in [0.2, 0.25) is 0 Å². The maximum Gasteiger partial charge on any atom is 0.244 e. The van der Waals surface area contributed by atoms with Crippen molar-refractivity contribution in [2.24, 2.45) is 0 Å². The number of aliphatic hydroxyl groups excluding tert-OH is 1. The Morgan fingerprint density at radius 1 is 1.16 bits per heavy atom. The van der Waals surface area contributed by atoms with Gasteiger partial charge in [0.25, 0.3) is 0 Å². The lowest BCUT2D eigenvalue weighted by molar-refractivity contribution is 0.0771. The molecule has 0 aliphatic carbocycles. The Labute approximate surface area is 186 Å². The zero-order valence-corrected chi connectivity index (χ0v) is 18.3. The fraction of sp³-hybridized carbons (Fsp3) is 0.208. The van der Waals surface area contributed by atoms with Gasteiger partial charge in [-0.1, -0.05) is 24.3 Å². The third kappa shape index (κ3) is 3.46. The number of pyridine rings is 1. The van der Waals surface area contributed by atoms with Gasteiger partial charge in [0.1, 0.15) is 5.75 Å². The van der Waals surface area contributed by atoms with Crippen molar-refractivity contribution in [3.8, 4) is 5.75 Å². The molecule has 3 heterocycles. The van der Waals surface area contributed by atoms with Crippen LogP contribution in [0.1, 0.15) is 22.8 Å². The van der Waals surface area contributed by atoms with Crippen LogP contribution in [0.3, 0.4) is 0 Å². The first-order valence-corrected chi connectivity index (χ1v) is 11.7. The molecule has 0 saturated heterocycles. The number of nitrogens with one attached hydrogen (secondary N) is 1. The molecule has 4 aromatic rings. The van der Waals surface area contributed by atoms with Crippen LogP contribution in [-0.2, 0) is 23.0 Å². The predicted octanol–water partition coefficient (Wildman–Crippen LogP) is 3.42. The summed E-state index contributed by atoms with van der Waals surface area (Å²) in [7, 11) is -2.20. The predicted molar refractivity (Wildman–Crippen MR) is 121 cm³/mol. The summed E-state index contributed by atoms with van der Waals surface area (Å²) in [5, 5.41) is 12.3. The molecule has 5 rings (SSSR count). The molecule has 2 atom stereocenters. The Kier molecular flexibility index (Phi) is 5.21. The standard InChI is InChI=1S/C24H23N3O4S/c1-31-18-8-9-19-17(14-26-21(19)12-18)11-22-24(28)20-6-2-3-7-23(20)32(29,30)27(22)15-16-5-4-10-25-13-16/h2-10,12-14,22,24,26,28H,11,15H2,1H3/t22-,24-/m1/s1. The second-order valence-corrected chi connectivity index (χ2v) is 9.75. The number of aromatic nitrogens is 2. The summed E-state index contributed by atoms with van der Waals surface area (Å²) in [6, 6.07) is 15.3. The smallest absolute Gasteiger partial charge is 0.244 e. The van der Waals surface area contributed by atoms with Crippen molar-refractivity contribution in [3.05, 3.63) is 89.9 Å². The van der Waals surface area contributed by atoms with Crippen LogP contribution in [0, 0.1) is 0 Å². The number of rotatable bonds is 5. The van der Waals surface area contributed by atoms with Crippen molar-refractivity contribution in [1.29, 1.82) is 0 Å². The van der Waals surface area contributed by atoms with Crippen molar-refractivity contribution < 1.29 is 18.3 Å². The van der Waals surface area contributed by atoms with E-state index in [-0.39, 0.29) is 11.4 Å². The Bertz CT molecular complexity index is 1370. The van der Waals surface area contributed by atoms with Gasteiger partial charge in [0, 0.05) is 47.7 Å². The number of sulfonamides is 1. The molecule has 0 bridgehead atoms. The highest BCUT2D eigenvalue weighted by molar-refractivity contribution is 7.89. The lowest BCUT2D eigenvalue weighted by Gasteiger charge is -2.39. The minimum absolute atomic E-state index is 0.127. The molecule has 8 heteroatoms. The molecule has 32 heavy (non-hydrogen) atoms. The molecule has 2 aromatic heterocycles. The average Bonchev–Trinajstić information content (AvgIpc) is 3.22. The molecule has 1 aliphatic rings. The molecule has 0 fully saturated rings. The maximum absolute atomic E-state index is 13.6. The number of benzene rings is 2. The van der Waals surface area contributed by atoms with E-state index >= 15 is 0 Å². The highest BCUT2D eigenvalue weighted by Gasteiger charge is 2.43. The Morgan fingerprint density at radius 3 is 2.78 bits per heavy atom. The summed E-state index contributed by atoms with van der Waals surface area (Å²) in [6.07, 6.45) is 4.55. The minimum Gasteiger partial charge on any atom is -0.497 e. The molecule has 0 spiro atoms. The highest BCUT2D eigenvalue weighted by Crippen LogP contribution is 2.39. The first kappa shape index (κ1) is 20.7. The van der Waals surface area contributed by atoms with Gasteiger partial charge in [0.15, 0.2) is 0 Å². The third-order valence-electron chi connectivity index (χ3n) is 6.02. The van der Waals surface area contributed by atoms with E-state index in [1.807, 2.05) is 30.5 Å². The van der Waals surface area contributed by atoms with Gasteiger partial charge < -0.3 is 14.8 Å². The lowest BCUT2D eigenvalue weighted by Crippen LogP contribution is -2.48. The lowest BCUT2D eigenvalue weighted by atomic mass is 9.95. The van der Waals surface area contributed by atoms with Gasteiger partial charge in [0.05, 0.1) is 24.2 Å². The second kappa shape index (κ2) is 8.05. The monoisotopic (exact) mass is 449 g/mol. The SMILES string of the molecule is COc1ccc2c(C[C@@H]3[C@H](O)c4ccccc4S(=O)(=O)N3Cc3cccnc3)c[nH]c2c1. The number of aliphatic hydroxyl groups is 1. The zero-order valence-electron chi connectivity index (χ0n) is 17.5. The summed E-state index contributed by atoms with van der Waals surface area (Å²) in [5.74, 6) is 0.735. The van der Waals surface area contributed by atoms with E-state index in [2.05, 4.69) is 9.97 Å². The number of ether oxygens (including phenoxy) is 1. The molecule has 0 unspecified atom stereocenters. The number of hydrogen-bond donors (Lipinski definition) is 2. The minimum atomic E-state index is -3.81. The van der Waals surface area contributed by atoms with Crippen molar-refractivity contribution >= 4 is 20.9 Å². The van der Waals surface area contributed by atoms with Crippen LogP contribution in [0.15, 0.2) is 78.1 Å². The molecule has 164 valence electrons. The van der Waals surface area contributed by atoms with Crippen molar-refractivity contribution in [3.63, 3.8) is 0 Å². The number of nitrogens with zero attached hydrogens (tertiary/aromatic N) is 2. The van der Waals surface area contributed by atoms with Crippen LogP contribution in [0.4, 0.5) is 0 Å². The van der Waals surface area contributed by atoms with E-state index in [0.29, 0.717) is 12.0 Å². The van der Waals surface area contributed by atoms with Gasteiger partial charge in [-0.3, -0.25) is 4.98 Å². The Morgan fingerprint density at radius 2 is 2.00 bits per heavy atom. The average molecular weight is 450 g/mol. The summed E-state index contributed by atoms with van der Waals surface area (Å²) in [4.78, 5) is 7.50. The quantitative estimate of drug-likeness (QED) is 0.487. The zero-order chi connectivity index (χ0) is 22.3. The molecule has 0 radical (unpaired) electrons. The van der Waals surface area contributed by atoms with Gasteiger partial charge >= 0.3 is 0 Å².